The zero-order valence-corrected chi connectivity index (χ0v) is 13.0. The van der Waals surface area contributed by atoms with Crippen LogP contribution in [0.1, 0.15) is 5.56 Å². The number of carbonyl (C=O) groups excluding carboxylic acids is 1. The van der Waals surface area contributed by atoms with Gasteiger partial charge in [0.2, 0.25) is 0 Å². The van der Waals surface area contributed by atoms with Gasteiger partial charge in [0.1, 0.15) is 6.04 Å². The highest BCUT2D eigenvalue weighted by atomic mass is 32.3. The van der Waals surface area contributed by atoms with Crippen LogP contribution >= 0.6 is 0 Å². The highest BCUT2D eigenvalue weighted by Crippen LogP contribution is 2.36. The number of rotatable bonds is 5. The van der Waals surface area contributed by atoms with Gasteiger partial charge in [0.05, 0.1) is 7.11 Å². The molecule has 0 saturated carbocycles. The predicted molar refractivity (Wildman–Crippen MR) is 75.0 cm³/mol. The second-order valence-corrected chi connectivity index (χ2v) is 5.73. The van der Waals surface area contributed by atoms with E-state index in [0.717, 1.165) is 5.06 Å². The Morgan fingerprint density at radius 3 is 2.61 bits per heavy atom. The smallest absolute Gasteiger partial charge is 0.465 e. The third-order valence-electron chi connectivity index (χ3n) is 3.01. The van der Waals surface area contributed by atoms with Gasteiger partial charge >= 0.3 is 16.5 Å². The van der Waals surface area contributed by atoms with Gasteiger partial charge in [0.15, 0.2) is 11.5 Å². The molecule has 126 valence electrons. The minimum Gasteiger partial charge on any atom is -0.465 e. The first-order valence-electron chi connectivity index (χ1n) is 6.30. The average molecular weight is 346 g/mol. The number of nitrogens with zero attached hydrogens (tertiary/aromatic N) is 1. The molecule has 11 heteroatoms. The quantitative estimate of drug-likeness (QED) is 0.707. The van der Waals surface area contributed by atoms with E-state index >= 15 is 0 Å². The van der Waals surface area contributed by atoms with Crippen molar-refractivity contribution < 1.29 is 36.3 Å². The van der Waals surface area contributed by atoms with E-state index in [1.165, 1.54) is 32.4 Å². The zero-order valence-electron chi connectivity index (χ0n) is 12.2. The van der Waals surface area contributed by atoms with E-state index in [-0.39, 0.29) is 17.9 Å². The van der Waals surface area contributed by atoms with Crippen LogP contribution in [0.3, 0.4) is 0 Å². The van der Waals surface area contributed by atoms with Crippen LogP contribution < -0.4 is 13.7 Å². The van der Waals surface area contributed by atoms with Gasteiger partial charge in [-0.2, -0.15) is 0 Å². The molecule has 2 N–H and O–H groups in total. The molecule has 0 saturated heterocycles. The summed E-state index contributed by atoms with van der Waals surface area (Å²) in [6, 6.07) is 3.10. The first kappa shape index (κ1) is 16.8. The number of fused-ring (bicyclic) bond motifs is 1. The van der Waals surface area contributed by atoms with Crippen LogP contribution in [-0.4, -0.2) is 50.8 Å². The van der Waals surface area contributed by atoms with E-state index in [4.69, 9.17) is 9.94 Å². The van der Waals surface area contributed by atoms with Gasteiger partial charge in [0, 0.05) is 13.5 Å². The number of carbonyl (C=O) groups is 2. The van der Waals surface area contributed by atoms with E-state index in [1.807, 2.05) is 0 Å². The lowest BCUT2D eigenvalue weighted by atomic mass is 10.0. The van der Waals surface area contributed by atoms with Crippen molar-refractivity contribution in [3.63, 3.8) is 0 Å². The second-order valence-electron chi connectivity index (χ2n) is 4.58. The first-order chi connectivity index (χ1) is 10.7. The van der Waals surface area contributed by atoms with Crippen molar-refractivity contribution in [2.45, 2.75) is 12.5 Å². The Morgan fingerprint density at radius 2 is 2.00 bits per heavy atom. The Labute approximate surface area is 131 Å². The molecule has 0 radical (unpaired) electrons. The number of hydrogen-bond acceptors (Lipinski definition) is 7. The van der Waals surface area contributed by atoms with Crippen LogP contribution in [0.25, 0.3) is 0 Å². The number of likely N-dealkylation sites (N-methyl/N-ethyl adjacent to an activating group) is 1. The van der Waals surface area contributed by atoms with Gasteiger partial charge < -0.3 is 18.8 Å². The Balaban J connectivity index is 2.20. The summed E-state index contributed by atoms with van der Waals surface area (Å²) in [6.07, 6.45) is -1.41. The Kier molecular flexibility index (Phi) is 4.61. The van der Waals surface area contributed by atoms with Crippen LogP contribution in [0, 0.1) is 0 Å². The predicted octanol–water partition coefficient (Wildman–Crippen LogP) is -0.0989. The molecule has 1 unspecified atom stereocenters. The number of hydrogen-bond donors (Lipinski definition) is 2. The maximum Gasteiger partial charge on any atom is 0.501 e. The average Bonchev–Trinajstić information content (AvgIpc) is 2.77. The summed E-state index contributed by atoms with van der Waals surface area (Å²) in [7, 11) is -1.50. The van der Waals surface area contributed by atoms with Crippen molar-refractivity contribution in [1.82, 2.24) is 10.4 Å². The fraction of sp³-hybridized carbons (Fsp3) is 0.333. The molecule has 1 atom stereocenters. The number of nitrogens with one attached hydrogen (secondary N) is 1. The zero-order chi connectivity index (χ0) is 17.2. The molecule has 0 spiro atoms. The van der Waals surface area contributed by atoms with E-state index < -0.39 is 28.4 Å². The molecule has 0 fully saturated rings. The number of benzene rings is 1. The molecule has 10 nitrogen and oxygen atoms in total. The molecule has 1 heterocycles. The topological polar surface area (TPSA) is 131 Å². The third-order valence-corrected chi connectivity index (χ3v) is 3.78. The molecule has 2 rings (SSSR count). The molecule has 1 aromatic carbocycles. The monoisotopic (exact) mass is 346 g/mol. The maximum atomic E-state index is 12.1. The van der Waals surface area contributed by atoms with Crippen molar-refractivity contribution in [2.24, 2.45) is 0 Å². The molecule has 1 aliphatic rings. The summed E-state index contributed by atoms with van der Waals surface area (Å²) in [4.78, 5) is 27.7. The highest BCUT2D eigenvalue weighted by Gasteiger charge is 2.30. The molecule has 0 bridgehead atoms. The van der Waals surface area contributed by atoms with Gasteiger partial charge in [-0.1, -0.05) is 6.07 Å². The summed E-state index contributed by atoms with van der Waals surface area (Å²) in [5.41, 5.74) is 0.473. The van der Waals surface area contributed by atoms with Gasteiger partial charge in [-0.05, 0) is 17.7 Å². The van der Waals surface area contributed by atoms with Gasteiger partial charge in [-0.25, -0.2) is 9.86 Å². The Morgan fingerprint density at radius 1 is 1.35 bits per heavy atom. The summed E-state index contributed by atoms with van der Waals surface area (Å²) in [6.45, 7) is 0. The van der Waals surface area contributed by atoms with Crippen LogP contribution in [-0.2, 0) is 26.5 Å². The maximum absolute atomic E-state index is 12.1. The van der Waals surface area contributed by atoms with Crippen LogP contribution in [0.5, 0.6) is 11.5 Å². The first-order valence-corrected chi connectivity index (χ1v) is 7.63. The number of amides is 2. The van der Waals surface area contributed by atoms with Crippen molar-refractivity contribution in [1.29, 1.82) is 0 Å². The number of carboxylic acid groups (broad SMARTS) is 1. The Bertz CT molecular complexity index is 733. The van der Waals surface area contributed by atoms with Crippen LogP contribution in [0.15, 0.2) is 18.2 Å². The largest absolute Gasteiger partial charge is 0.501 e. The van der Waals surface area contributed by atoms with Gasteiger partial charge in [0.25, 0.3) is 5.91 Å². The van der Waals surface area contributed by atoms with Crippen LogP contribution in [0.4, 0.5) is 4.79 Å². The van der Waals surface area contributed by atoms with Crippen molar-refractivity contribution >= 4 is 22.4 Å². The molecule has 2 amide bonds. The van der Waals surface area contributed by atoms with Crippen molar-refractivity contribution in [3.05, 3.63) is 23.8 Å². The van der Waals surface area contributed by atoms with E-state index in [9.17, 15) is 18.0 Å². The minimum absolute atomic E-state index is 0.0240. The Hall–Kier alpha value is -2.53. The molecular formula is C12H14N2O8S. The highest BCUT2D eigenvalue weighted by molar-refractivity contribution is 7.82. The second kappa shape index (κ2) is 6.30. The molecule has 1 aromatic rings. The van der Waals surface area contributed by atoms with Crippen molar-refractivity contribution in [3.8, 4) is 11.5 Å². The molecule has 0 aliphatic carbocycles. The van der Waals surface area contributed by atoms with Gasteiger partial charge in [-0.3, -0.25) is 9.63 Å². The van der Waals surface area contributed by atoms with Gasteiger partial charge in [-0.15, -0.1) is 8.42 Å². The standard InChI is InChI=1S/C12H14N2O8S/c1-14(20-2)11(15)8(13-12(16)17)5-7-3-4-9-10(6-7)22-23(18,19)21-9/h3-4,6,8,13H,5H2,1-2H3,(H,16,17). The fourth-order valence-corrected chi connectivity index (χ4v) is 2.69. The minimum atomic E-state index is -4.11. The third kappa shape index (κ3) is 4.02. The number of hydroxylamine groups is 2. The molecular weight excluding hydrogens is 332 g/mol. The molecule has 23 heavy (non-hydrogen) atoms. The molecule has 1 aliphatic heterocycles. The summed E-state index contributed by atoms with van der Waals surface area (Å²) >= 11 is 0. The lowest BCUT2D eigenvalue weighted by Crippen LogP contribution is -2.47. The summed E-state index contributed by atoms with van der Waals surface area (Å²) in [5, 5.41) is 11.8. The fourth-order valence-electron chi connectivity index (χ4n) is 1.94. The SMILES string of the molecule is CON(C)C(=O)C(Cc1ccc2c(c1)OS(=O)(=O)O2)NC(=O)O. The van der Waals surface area contributed by atoms with Crippen LogP contribution in [0.2, 0.25) is 0 Å². The normalized spacial score (nSPS) is 15.7. The molecule has 0 aromatic heterocycles. The van der Waals surface area contributed by atoms with E-state index in [0.29, 0.717) is 5.56 Å². The lowest BCUT2D eigenvalue weighted by Gasteiger charge is -2.21. The van der Waals surface area contributed by atoms with E-state index in [1.54, 1.807) is 0 Å². The lowest BCUT2D eigenvalue weighted by molar-refractivity contribution is -0.170. The summed E-state index contributed by atoms with van der Waals surface area (Å²) < 4.78 is 31.6. The summed E-state index contributed by atoms with van der Waals surface area (Å²) in [5.74, 6) is -0.610. The van der Waals surface area contributed by atoms with Crippen molar-refractivity contribution in [2.75, 3.05) is 14.2 Å². The van der Waals surface area contributed by atoms with E-state index in [2.05, 4.69) is 13.7 Å².